The first-order valence-electron chi connectivity index (χ1n) is 7.11. The average Bonchev–Trinajstić information content (AvgIpc) is 2.88. The minimum Gasteiger partial charge on any atom is -0.256 e. The Hall–Kier alpha value is -1.89. The van der Waals surface area contributed by atoms with E-state index in [1.54, 1.807) is 5.57 Å². The molecule has 1 heteroatoms. The van der Waals surface area contributed by atoms with Crippen molar-refractivity contribution in [3.8, 4) is 11.3 Å². The first-order chi connectivity index (χ1) is 9.38. The summed E-state index contributed by atoms with van der Waals surface area (Å²) in [6.07, 6.45) is 9.16. The lowest BCUT2D eigenvalue weighted by molar-refractivity contribution is 0.779. The molecule has 19 heavy (non-hydrogen) atoms. The highest BCUT2D eigenvalue weighted by Crippen LogP contribution is 2.34. The molecule has 0 unspecified atom stereocenters. The number of rotatable bonds is 4. The second kappa shape index (κ2) is 5.40. The number of unbranched alkanes of at least 4 members (excludes halogenated alkanes) is 1. The van der Waals surface area contributed by atoms with Crippen molar-refractivity contribution in [2.45, 2.75) is 32.6 Å². The Morgan fingerprint density at radius 2 is 2.05 bits per heavy atom. The fraction of sp³-hybridized carbons (Fsp3) is 0.278. The maximum Gasteiger partial charge on any atom is 0.0708 e. The lowest BCUT2D eigenvalue weighted by atomic mass is 10.0. The highest BCUT2D eigenvalue weighted by atomic mass is 14.7. The smallest absolute Gasteiger partial charge is 0.0708 e. The highest BCUT2D eigenvalue weighted by Gasteiger charge is 2.16. The zero-order valence-corrected chi connectivity index (χ0v) is 11.4. The van der Waals surface area contributed by atoms with E-state index >= 15 is 0 Å². The van der Waals surface area contributed by atoms with E-state index < -0.39 is 0 Å². The van der Waals surface area contributed by atoms with Crippen molar-refractivity contribution >= 4 is 6.08 Å². The SMILES string of the molecule is CCCCC1=Cc2c(cccc2-c2ccccn2)C1. The third-order valence-corrected chi connectivity index (χ3v) is 3.75. The maximum atomic E-state index is 4.48. The molecule has 0 saturated heterocycles. The van der Waals surface area contributed by atoms with E-state index in [-0.39, 0.29) is 0 Å². The number of hydrogen-bond acceptors (Lipinski definition) is 1. The van der Waals surface area contributed by atoms with Gasteiger partial charge in [0.05, 0.1) is 5.69 Å². The molecule has 0 amide bonds. The molecule has 1 aliphatic rings. The van der Waals surface area contributed by atoms with Crippen molar-refractivity contribution in [2.24, 2.45) is 0 Å². The van der Waals surface area contributed by atoms with Gasteiger partial charge in [-0.3, -0.25) is 4.98 Å². The van der Waals surface area contributed by atoms with Crippen LogP contribution in [0.2, 0.25) is 0 Å². The maximum absolute atomic E-state index is 4.48. The van der Waals surface area contributed by atoms with Crippen molar-refractivity contribution in [3.05, 3.63) is 59.3 Å². The van der Waals surface area contributed by atoms with E-state index in [9.17, 15) is 0 Å². The lowest BCUT2D eigenvalue weighted by Crippen LogP contribution is -1.89. The molecule has 2 aromatic rings. The first kappa shape index (κ1) is 12.2. The molecule has 1 aliphatic carbocycles. The van der Waals surface area contributed by atoms with Gasteiger partial charge in [0.2, 0.25) is 0 Å². The summed E-state index contributed by atoms with van der Waals surface area (Å²) in [7, 11) is 0. The van der Waals surface area contributed by atoms with Gasteiger partial charge in [0.1, 0.15) is 0 Å². The number of nitrogens with zero attached hydrogens (tertiary/aromatic N) is 1. The molecule has 1 aromatic heterocycles. The molecule has 96 valence electrons. The molecule has 0 N–H and O–H groups in total. The van der Waals surface area contributed by atoms with E-state index in [2.05, 4.69) is 48.3 Å². The molecule has 0 atom stereocenters. The molecular weight excluding hydrogens is 230 g/mol. The van der Waals surface area contributed by atoms with Crippen LogP contribution in [0.25, 0.3) is 17.3 Å². The van der Waals surface area contributed by atoms with Crippen LogP contribution in [0.4, 0.5) is 0 Å². The minimum atomic E-state index is 1.08. The predicted octanol–water partition coefficient (Wildman–Crippen LogP) is 4.88. The molecule has 0 saturated carbocycles. The average molecular weight is 249 g/mol. The van der Waals surface area contributed by atoms with Crippen LogP contribution in [0.3, 0.4) is 0 Å². The third kappa shape index (κ3) is 2.46. The summed E-state index contributed by atoms with van der Waals surface area (Å²) in [5, 5.41) is 0. The van der Waals surface area contributed by atoms with E-state index in [4.69, 9.17) is 0 Å². The fourth-order valence-electron chi connectivity index (χ4n) is 2.75. The molecule has 0 bridgehead atoms. The Labute approximate surface area is 115 Å². The molecule has 1 aromatic carbocycles. The van der Waals surface area contributed by atoms with Crippen LogP contribution < -0.4 is 0 Å². The van der Waals surface area contributed by atoms with E-state index in [1.165, 1.54) is 36.0 Å². The minimum absolute atomic E-state index is 1.08. The lowest BCUT2D eigenvalue weighted by Gasteiger charge is -2.06. The fourth-order valence-corrected chi connectivity index (χ4v) is 2.75. The summed E-state index contributed by atoms with van der Waals surface area (Å²) in [6, 6.07) is 12.7. The van der Waals surface area contributed by atoms with Crippen LogP contribution in [0, 0.1) is 0 Å². The topological polar surface area (TPSA) is 12.9 Å². The van der Waals surface area contributed by atoms with Gasteiger partial charge in [-0.1, -0.05) is 49.3 Å². The van der Waals surface area contributed by atoms with Gasteiger partial charge in [0.15, 0.2) is 0 Å². The van der Waals surface area contributed by atoms with Gasteiger partial charge in [-0.15, -0.1) is 0 Å². The normalized spacial score (nSPS) is 13.2. The van der Waals surface area contributed by atoms with Crippen LogP contribution in [0.5, 0.6) is 0 Å². The highest BCUT2D eigenvalue weighted by molar-refractivity contribution is 5.79. The molecule has 0 spiro atoms. The van der Waals surface area contributed by atoms with Gasteiger partial charge < -0.3 is 0 Å². The second-order valence-electron chi connectivity index (χ2n) is 5.18. The summed E-state index contributed by atoms with van der Waals surface area (Å²) in [4.78, 5) is 4.48. The summed E-state index contributed by atoms with van der Waals surface area (Å²) in [6.45, 7) is 2.25. The van der Waals surface area contributed by atoms with Gasteiger partial charge in [0.25, 0.3) is 0 Å². The quantitative estimate of drug-likeness (QED) is 0.752. The van der Waals surface area contributed by atoms with Crippen LogP contribution in [0.1, 0.15) is 37.3 Å². The molecule has 3 rings (SSSR count). The number of hydrogen-bond donors (Lipinski definition) is 0. The molecule has 0 radical (unpaired) electrons. The standard InChI is InChI=1S/C18H19N/c1-2-3-7-14-12-15-8-6-9-16(17(15)13-14)18-10-4-5-11-19-18/h4-6,8-11,13H,2-3,7,12H2,1H3. The Balaban J connectivity index is 1.97. The van der Waals surface area contributed by atoms with Crippen molar-refractivity contribution in [2.75, 3.05) is 0 Å². The zero-order valence-electron chi connectivity index (χ0n) is 11.4. The number of allylic oxidation sites excluding steroid dienone is 1. The predicted molar refractivity (Wildman–Crippen MR) is 80.9 cm³/mol. The molecule has 0 fully saturated rings. The largest absolute Gasteiger partial charge is 0.256 e. The van der Waals surface area contributed by atoms with Crippen molar-refractivity contribution in [1.82, 2.24) is 4.98 Å². The Kier molecular flexibility index (Phi) is 3.45. The van der Waals surface area contributed by atoms with Gasteiger partial charge in [0, 0.05) is 11.8 Å². The molecule has 1 heterocycles. The van der Waals surface area contributed by atoms with Gasteiger partial charge in [-0.25, -0.2) is 0 Å². The van der Waals surface area contributed by atoms with Crippen LogP contribution in [-0.4, -0.2) is 4.98 Å². The number of benzene rings is 1. The Morgan fingerprint density at radius 3 is 2.84 bits per heavy atom. The van der Waals surface area contributed by atoms with Gasteiger partial charge in [-0.05, 0) is 42.5 Å². The second-order valence-corrected chi connectivity index (χ2v) is 5.18. The molecule has 1 nitrogen and oxygen atoms in total. The summed E-state index contributed by atoms with van der Waals surface area (Å²) >= 11 is 0. The van der Waals surface area contributed by atoms with Crippen LogP contribution in [-0.2, 0) is 6.42 Å². The van der Waals surface area contributed by atoms with Crippen molar-refractivity contribution in [3.63, 3.8) is 0 Å². The Morgan fingerprint density at radius 1 is 1.11 bits per heavy atom. The first-order valence-corrected chi connectivity index (χ1v) is 7.11. The summed E-state index contributed by atoms with van der Waals surface area (Å²) in [5.41, 5.74) is 6.75. The molecular formula is C18H19N. The van der Waals surface area contributed by atoms with Crippen molar-refractivity contribution < 1.29 is 0 Å². The summed E-state index contributed by atoms with van der Waals surface area (Å²) < 4.78 is 0. The van der Waals surface area contributed by atoms with Crippen molar-refractivity contribution in [1.29, 1.82) is 0 Å². The molecule has 0 aliphatic heterocycles. The third-order valence-electron chi connectivity index (χ3n) is 3.75. The van der Waals surface area contributed by atoms with Gasteiger partial charge >= 0.3 is 0 Å². The summed E-state index contributed by atoms with van der Waals surface area (Å²) in [5.74, 6) is 0. The number of fused-ring (bicyclic) bond motifs is 1. The van der Waals surface area contributed by atoms with Gasteiger partial charge in [-0.2, -0.15) is 0 Å². The number of pyridine rings is 1. The zero-order chi connectivity index (χ0) is 13.1. The number of aromatic nitrogens is 1. The van der Waals surface area contributed by atoms with Crippen LogP contribution in [0.15, 0.2) is 48.2 Å². The van der Waals surface area contributed by atoms with E-state index in [0.29, 0.717) is 0 Å². The van der Waals surface area contributed by atoms with E-state index in [0.717, 1.165) is 12.1 Å². The monoisotopic (exact) mass is 249 g/mol. The Bertz CT molecular complexity index is 596. The van der Waals surface area contributed by atoms with E-state index in [1.807, 2.05) is 12.3 Å². The van der Waals surface area contributed by atoms with Crippen LogP contribution >= 0.6 is 0 Å².